The summed E-state index contributed by atoms with van der Waals surface area (Å²) in [5.41, 5.74) is 1.97. The first kappa shape index (κ1) is 26.0. The summed E-state index contributed by atoms with van der Waals surface area (Å²) in [4.78, 5) is 16.3. The Morgan fingerprint density at radius 3 is 2.44 bits per heavy atom. The van der Waals surface area contributed by atoms with Crippen LogP contribution >= 0.6 is 0 Å². The van der Waals surface area contributed by atoms with Crippen molar-refractivity contribution in [3.05, 3.63) is 59.4 Å². The standard InChI is InChI=1S/C27H37FN2O4/c1-5-7-14-30(6-2)26(31)29(3)24-10-8-21(9-11-24)20-34-25-18-22(17-23(28)19-25)27(32-4)12-15-33-16-13-27/h8-11,17-19H,5-7,12-16,20H2,1-4H3. The molecule has 0 saturated carbocycles. The van der Waals surface area contributed by atoms with E-state index < -0.39 is 5.60 Å². The monoisotopic (exact) mass is 472 g/mol. The van der Waals surface area contributed by atoms with Gasteiger partial charge in [-0.2, -0.15) is 0 Å². The van der Waals surface area contributed by atoms with Crippen molar-refractivity contribution < 1.29 is 23.4 Å². The Bertz CT molecular complexity index is 929. The lowest BCUT2D eigenvalue weighted by Gasteiger charge is -2.36. The number of unbranched alkanes of at least 4 members (excludes halogenated alkanes) is 1. The van der Waals surface area contributed by atoms with E-state index in [2.05, 4.69) is 6.92 Å². The third-order valence-corrected chi connectivity index (χ3v) is 6.54. The number of methoxy groups -OCH3 is 1. The van der Waals surface area contributed by atoms with Crippen molar-refractivity contribution in [2.24, 2.45) is 0 Å². The van der Waals surface area contributed by atoms with Crippen LogP contribution in [0.25, 0.3) is 0 Å². The van der Waals surface area contributed by atoms with Gasteiger partial charge >= 0.3 is 6.03 Å². The summed E-state index contributed by atoms with van der Waals surface area (Å²) in [5.74, 6) is 0.109. The first-order valence-electron chi connectivity index (χ1n) is 12.1. The van der Waals surface area contributed by atoms with Crippen molar-refractivity contribution in [3.8, 4) is 5.75 Å². The zero-order valence-corrected chi connectivity index (χ0v) is 20.8. The van der Waals surface area contributed by atoms with Gasteiger partial charge in [0.1, 0.15) is 18.2 Å². The fraction of sp³-hybridized carbons (Fsp3) is 0.519. The normalized spacial score (nSPS) is 15.1. The summed E-state index contributed by atoms with van der Waals surface area (Å²) >= 11 is 0. The lowest BCUT2D eigenvalue weighted by atomic mass is 9.86. The molecular weight excluding hydrogens is 435 g/mol. The Kier molecular flexibility index (Phi) is 9.30. The Hall–Kier alpha value is -2.64. The van der Waals surface area contributed by atoms with Gasteiger partial charge in [-0.05, 0) is 48.7 Å². The first-order chi connectivity index (χ1) is 16.4. The maximum Gasteiger partial charge on any atom is 0.324 e. The predicted molar refractivity (Wildman–Crippen MR) is 132 cm³/mol. The third-order valence-electron chi connectivity index (χ3n) is 6.54. The minimum Gasteiger partial charge on any atom is -0.489 e. The average molecular weight is 473 g/mol. The van der Waals surface area contributed by atoms with Gasteiger partial charge < -0.3 is 19.1 Å². The highest BCUT2D eigenvalue weighted by atomic mass is 19.1. The van der Waals surface area contributed by atoms with Gasteiger partial charge in [0.05, 0.1) is 5.60 Å². The number of hydrogen-bond donors (Lipinski definition) is 0. The van der Waals surface area contributed by atoms with E-state index in [9.17, 15) is 9.18 Å². The predicted octanol–water partition coefficient (Wildman–Crippen LogP) is 5.74. The molecule has 0 aromatic heterocycles. The summed E-state index contributed by atoms with van der Waals surface area (Å²) < 4.78 is 31.6. The zero-order chi connectivity index (χ0) is 24.6. The van der Waals surface area contributed by atoms with Crippen LogP contribution < -0.4 is 9.64 Å². The first-order valence-corrected chi connectivity index (χ1v) is 12.1. The maximum absolute atomic E-state index is 14.4. The number of benzene rings is 2. The van der Waals surface area contributed by atoms with Crippen molar-refractivity contribution in [3.63, 3.8) is 0 Å². The second-order valence-corrected chi connectivity index (χ2v) is 8.72. The van der Waals surface area contributed by atoms with Crippen molar-refractivity contribution in [2.45, 2.75) is 51.7 Å². The summed E-state index contributed by atoms with van der Waals surface area (Å²) in [6.45, 7) is 7.01. The van der Waals surface area contributed by atoms with Gasteiger partial charge in [0.2, 0.25) is 0 Å². The van der Waals surface area contributed by atoms with Gasteiger partial charge in [0.25, 0.3) is 0 Å². The summed E-state index contributed by atoms with van der Waals surface area (Å²) in [6.07, 6.45) is 3.39. The molecular formula is C27H37FN2O4. The fourth-order valence-electron chi connectivity index (χ4n) is 4.26. The summed E-state index contributed by atoms with van der Waals surface area (Å²) in [7, 11) is 3.45. The van der Waals surface area contributed by atoms with Crippen LogP contribution in [-0.4, -0.2) is 51.4 Å². The third kappa shape index (κ3) is 6.27. The molecule has 0 atom stereocenters. The minimum atomic E-state index is -0.555. The lowest BCUT2D eigenvalue weighted by Crippen LogP contribution is -2.41. The van der Waals surface area contributed by atoms with Gasteiger partial charge in [-0.1, -0.05) is 25.5 Å². The topological polar surface area (TPSA) is 51.2 Å². The molecule has 2 amide bonds. The molecule has 0 bridgehead atoms. The van der Waals surface area contributed by atoms with Crippen LogP contribution in [0.5, 0.6) is 5.75 Å². The van der Waals surface area contributed by atoms with E-state index in [1.165, 1.54) is 12.1 Å². The number of halogens is 1. The molecule has 3 rings (SSSR count). The van der Waals surface area contributed by atoms with E-state index in [1.807, 2.05) is 42.2 Å². The fourth-order valence-corrected chi connectivity index (χ4v) is 4.26. The molecule has 2 aromatic rings. The maximum atomic E-state index is 14.4. The average Bonchev–Trinajstić information content (AvgIpc) is 2.87. The number of anilines is 1. The van der Waals surface area contributed by atoms with Gasteiger partial charge in [-0.3, -0.25) is 4.90 Å². The molecule has 0 aliphatic carbocycles. The number of carbonyl (C=O) groups excluding carboxylic acids is 1. The number of carbonyl (C=O) groups is 1. The molecule has 0 N–H and O–H groups in total. The van der Waals surface area contributed by atoms with Crippen LogP contribution in [0.3, 0.4) is 0 Å². The zero-order valence-electron chi connectivity index (χ0n) is 20.8. The molecule has 1 saturated heterocycles. The number of amides is 2. The molecule has 1 heterocycles. The van der Waals surface area contributed by atoms with Crippen molar-refractivity contribution in [1.29, 1.82) is 0 Å². The van der Waals surface area contributed by atoms with Gasteiger partial charge in [-0.15, -0.1) is 0 Å². The lowest BCUT2D eigenvalue weighted by molar-refractivity contribution is -0.0950. The number of ether oxygens (including phenoxy) is 3. The Labute approximate surface area is 202 Å². The Morgan fingerprint density at radius 2 is 1.82 bits per heavy atom. The van der Waals surface area contributed by atoms with E-state index >= 15 is 0 Å². The number of rotatable bonds is 10. The van der Waals surface area contributed by atoms with Gasteiger partial charge in [0, 0.05) is 65.1 Å². The highest BCUT2D eigenvalue weighted by Crippen LogP contribution is 2.37. The highest BCUT2D eigenvalue weighted by Gasteiger charge is 2.35. The molecule has 34 heavy (non-hydrogen) atoms. The molecule has 186 valence electrons. The number of urea groups is 1. The van der Waals surface area contributed by atoms with E-state index in [0.717, 1.165) is 36.2 Å². The van der Waals surface area contributed by atoms with Gasteiger partial charge in [-0.25, -0.2) is 9.18 Å². The van der Waals surface area contributed by atoms with Crippen LogP contribution in [0.4, 0.5) is 14.9 Å². The molecule has 0 unspecified atom stereocenters. The van der Waals surface area contributed by atoms with E-state index in [-0.39, 0.29) is 11.8 Å². The smallest absolute Gasteiger partial charge is 0.324 e. The van der Waals surface area contributed by atoms with E-state index in [4.69, 9.17) is 14.2 Å². The van der Waals surface area contributed by atoms with Crippen molar-refractivity contribution >= 4 is 11.7 Å². The molecule has 1 aliphatic heterocycles. The highest BCUT2D eigenvalue weighted by molar-refractivity contribution is 5.91. The Morgan fingerprint density at radius 1 is 1.12 bits per heavy atom. The van der Waals surface area contributed by atoms with E-state index in [0.29, 0.717) is 45.0 Å². The number of hydrogen-bond acceptors (Lipinski definition) is 4. The molecule has 7 heteroatoms. The van der Waals surface area contributed by atoms with Crippen LogP contribution in [-0.2, 0) is 21.7 Å². The van der Waals surface area contributed by atoms with Gasteiger partial charge in [0.15, 0.2) is 0 Å². The molecule has 2 aromatic carbocycles. The SMILES string of the molecule is CCCCN(CC)C(=O)N(C)c1ccc(COc2cc(F)cc(C3(OC)CCOCC3)c2)cc1. The largest absolute Gasteiger partial charge is 0.489 e. The summed E-state index contributed by atoms with van der Waals surface area (Å²) in [6, 6.07) is 12.4. The second-order valence-electron chi connectivity index (χ2n) is 8.72. The van der Waals surface area contributed by atoms with Crippen molar-refractivity contribution in [2.75, 3.05) is 45.4 Å². The molecule has 6 nitrogen and oxygen atoms in total. The molecule has 0 radical (unpaired) electrons. The number of nitrogens with zero attached hydrogens (tertiary/aromatic N) is 2. The van der Waals surface area contributed by atoms with Crippen LogP contribution in [0.2, 0.25) is 0 Å². The quantitative estimate of drug-likeness (QED) is 0.443. The van der Waals surface area contributed by atoms with Crippen LogP contribution in [0, 0.1) is 5.82 Å². The molecule has 0 spiro atoms. The Balaban J connectivity index is 1.65. The van der Waals surface area contributed by atoms with E-state index in [1.54, 1.807) is 19.1 Å². The van der Waals surface area contributed by atoms with Crippen LogP contribution in [0.15, 0.2) is 42.5 Å². The molecule has 1 fully saturated rings. The summed E-state index contributed by atoms with van der Waals surface area (Å²) in [5, 5.41) is 0. The van der Waals surface area contributed by atoms with Crippen molar-refractivity contribution in [1.82, 2.24) is 4.90 Å². The second kappa shape index (κ2) is 12.2. The minimum absolute atomic E-state index is 0.00701. The molecule has 1 aliphatic rings. The van der Waals surface area contributed by atoms with Crippen LogP contribution in [0.1, 0.15) is 50.7 Å².